The molecule has 1 aromatic heterocycles. The van der Waals surface area contributed by atoms with Crippen LogP contribution in [0.15, 0.2) is 29.6 Å². The lowest BCUT2D eigenvalue weighted by Crippen LogP contribution is -2.41. The number of nitrogens with zero attached hydrogens (tertiary/aromatic N) is 1. The van der Waals surface area contributed by atoms with E-state index in [2.05, 4.69) is 5.32 Å². The molecular formula is C15H14F2N2OS. The number of benzene rings is 1. The molecule has 21 heavy (non-hydrogen) atoms. The lowest BCUT2D eigenvalue weighted by molar-refractivity contribution is 0.189. The average molecular weight is 308 g/mol. The minimum absolute atomic E-state index is 0.00952. The van der Waals surface area contributed by atoms with E-state index >= 15 is 0 Å². The van der Waals surface area contributed by atoms with Gasteiger partial charge in [0.1, 0.15) is 11.6 Å². The van der Waals surface area contributed by atoms with Crippen molar-refractivity contribution in [2.75, 3.05) is 11.9 Å². The second kappa shape index (κ2) is 5.44. The Bertz CT molecular complexity index is 686. The lowest BCUT2D eigenvalue weighted by atomic mass is 10.0. The summed E-state index contributed by atoms with van der Waals surface area (Å²) in [5.41, 5.74) is 1.13. The molecule has 1 aliphatic heterocycles. The molecule has 0 saturated heterocycles. The van der Waals surface area contributed by atoms with Gasteiger partial charge < -0.3 is 10.2 Å². The Morgan fingerprint density at radius 1 is 1.38 bits per heavy atom. The van der Waals surface area contributed by atoms with Crippen LogP contribution in [-0.4, -0.2) is 17.5 Å². The molecule has 2 heterocycles. The van der Waals surface area contributed by atoms with Crippen molar-refractivity contribution in [2.45, 2.75) is 19.4 Å². The highest BCUT2D eigenvalue weighted by atomic mass is 32.1. The molecule has 2 aromatic rings. The van der Waals surface area contributed by atoms with Crippen LogP contribution < -0.4 is 5.32 Å². The molecule has 1 aromatic carbocycles. The van der Waals surface area contributed by atoms with Crippen LogP contribution in [-0.2, 0) is 6.42 Å². The molecule has 1 N–H and O–H groups in total. The number of anilines is 1. The van der Waals surface area contributed by atoms with Gasteiger partial charge in [-0.2, -0.15) is 0 Å². The summed E-state index contributed by atoms with van der Waals surface area (Å²) in [6.45, 7) is 2.54. The van der Waals surface area contributed by atoms with Crippen LogP contribution in [0, 0.1) is 11.6 Å². The predicted molar refractivity (Wildman–Crippen MR) is 78.5 cm³/mol. The summed E-state index contributed by atoms with van der Waals surface area (Å²) in [5, 5.41) is 4.53. The van der Waals surface area contributed by atoms with Gasteiger partial charge in [-0.25, -0.2) is 13.6 Å². The minimum atomic E-state index is -0.774. The monoisotopic (exact) mass is 308 g/mol. The third-order valence-electron chi connectivity index (χ3n) is 3.71. The lowest BCUT2D eigenvalue weighted by Gasteiger charge is -2.33. The van der Waals surface area contributed by atoms with E-state index in [1.807, 2.05) is 18.4 Å². The molecule has 0 saturated carbocycles. The molecule has 0 fully saturated rings. The standard InChI is InChI=1S/C15H14F2N2OS/c1-9-11-5-7-21-14(11)4-6-19(9)15(20)18-13-3-2-10(16)8-12(13)17/h2-3,5,7-9H,4,6H2,1H3,(H,18,20). The van der Waals surface area contributed by atoms with E-state index in [4.69, 9.17) is 0 Å². The number of thiophene rings is 1. The summed E-state index contributed by atoms with van der Waals surface area (Å²) in [6.07, 6.45) is 0.802. The molecule has 3 rings (SSSR count). The number of carbonyl (C=O) groups excluding carboxylic acids is 1. The first-order valence-electron chi connectivity index (χ1n) is 6.65. The Kier molecular flexibility index (Phi) is 3.63. The first kappa shape index (κ1) is 14.0. The number of hydrogen-bond acceptors (Lipinski definition) is 2. The molecule has 3 nitrogen and oxygen atoms in total. The van der Waals surface area contributed by atoms with Gasteiger partial charge in [0.2, 0.25) is 0 Å². The van der Waals surface area contributed by atoms with Crippen LogP contribution in [0.3, 0.4) is 0 Å². The number of nitrogens with one attached hydrogen (secondary N) is 1. The van der Waals surface area contributed by atoms with Gasteiger partial charge in [-0.3, -0.25) is 0 Å². The molecule has 1 unspecified atom stereocenters. The van der Waals surface area contributed by atoms with E-state index in [0.717, 1.165) is 24.1 Å². The van der Waals surface area contributed by atoms with Crippen molar-refractivity contribution in [1.29, 1.82) is 0 Å². The summed E-state index contributed by atoms with van der Waals surface area (Å²) in [5.74, 6) is -1.44. The highest BCUT2D eigenvalue weighted by Gasteiger charge is 2.28. The molecule has 0 radical (unpaired) electrons. The fourth-order valence-electron chi connectivity index (χ4n) is 2.56. The first-order chi connectivity index (χ1) is 10.1. The van der Waals surface area contributed by atoms with E-state index in [1.54, 1.807) is 16.2 Å². The number of hydrogen-bond donors (Lipinski definition) is 1. The largest absolute Gasteiger partial charge is 0.322 e. The number of carbonyl (C=O) groups is 1. The Hall–Kier alpha value is -1.95. The van der Waals surface area contributed by atoms with Crippen LogP contribution in [0.4, 0.5) is 19.3 Å². The van der Waals surface area contributed by atoms with Crippen molar-refractivity contribution in [3.8, 4) is 0 Å². The Labute approximate surface area is 125 Å². The molecular weight excluding hydrogens is 294 g/mol. The number of fused-ring (bicyclic) bond motifs is 1. The smallest absolute Gasteiger partial charge is 0.317 e. The van der Waals surface area contributed by atoms with Gasteiger partial charge >= 0.3 is 6.03 Å². The molecule has 110 valence electrons. The molecule has 0 aliphatic carbocycles. The Balaban J connectivity index is 1.77. The number of amides is 2. The average Bonchev–Trinajstić information content (AvgIpc) is 2.91. The molecule has 6 heteroatoms. The van der Waals surface area contributed by atoms with Crippen molar-refractivity contribution in [1.82, 2.24) is 4.90 Å². The summed E-state index contributed by atoms with van der Waals surface area (Å²) in [4.78, 5) is 15.3. The van der Waals surface area contributed by atoms with E-state index in [9.17, 15) is 13.6 Å². The topological polar surface area (TPSA) is 32.3 Å². The number of rotatable bonds is 1. The van der Waals surface area contributed by atoms with E-state index in [0.29, 0.717) is 6.54 Å². The van der Waals surface area contributed by atoms with Crippen LogP contribution >= 0.6 is 11.3 Å². The molecule has 1 aliphatic rings. The van der Waals surface area contributed by atoms with Crippen molar-refractivity contribution < 1.29 is 13.6 Å². The van der Waals surface area contributed by atoms with Gasteiger partial charge in [-0.1, -0.05) is 0 Å². The SMILES string of the molecule is CC1c2ccsc2CCN1C(=O)Nc1ccc(F)cc1F. The zero-order valence-corrected chi connectivity index (χ0v) is 12.2. The van der Waals surface area contributed by atoms with Gasteiger partial charge in [-0.05, 0) is 42.5 Å². The quantitative estimate of drug-likeness (QED) is 0.842. The Morgan fingerprint density at radius 3 is 2.95 bits per heavy atom. The maximum absolute atomic E-state index is 13.6. The molecule has 0 bridgehead atoms. The fourth-order valence-corrected chi connectivity index (χ4v) is 3.53. The zero-order valence-electron chi connectivity index (χ0n) is 11.4. The minimum Gasteiger partial charge on any atom is -0.317 e. The van der Waals surface area contributed by atoms with E-state index in [1.165, 1.54) is 10.9 Å². The maximum atomic E-state index is 13.6. The van der Waals surface area contributed by atoms with Crippen molar-refractivity contribution in [3.05, 3.63) is 51.7 Å². The zero-order chi connectivity index (χ0) is 15.0. The van der Waals surface area contributed by atoms with Gasteiger partial charge in [-0.15, -0.1) is 11.3 Å². The number of halogens is 2. The van der Waals surface area contributed by atoms with Gasteiger partial charge in [0.15, 0.2) is 0 Å². The summed E-state index contributed by atoms with van der Waals surface area (Å²) in [7, 11) is 0. The molecule has 1 atom stereocenters. The second-order valence-electron chi connectivity index (χ2n) is 4.97. The highest BCUT2D eigenvalue weighted by molar-refractivity contribution is 7.10. The van der Waals surface area contributed by atoms with Crippen LogP contribution in [0.1, 0.15) is 23.4 Å². The third-order valence-corrected chi connectivity index (χ3v) is 4.71. The fraction of sp³-hybridized carbons (Fsp3) is 0.267. The summed E-state index contributed by atoms with van der Waals surface area (Å²) >= 11 is 1.69. The second-order valence-corrected chi connectivity index (χ2v) is 5.97. The van der Waals surface area contributed by atoms with Gasteiger partial charge in [0.25, 0.3) is 0 Å². The van der Waals surface area contributed by atoms with Gasteiger partial charge in [0, 0.05) is 17.5 Å². The van der Waals surface area contributed by atoms with E-state index in [-0.39, 0.29) is 17.8 Å². The normalized spacial score (nSPS) is 17.5. The molecule has 2 amide bonds. The van der Waals surface area contributed by atoms with Crippen molar-refractivity contribution in [2.24, 2.45) is 0 Å². The first-order valence-corrected chi connectivity index (χ1v) is 7.53. The van der Waals surface area contributed by atoms with E-state index < -0.39 is 11.6 Å². The Morgan fingerprint density at radius 2 is 2.19 bits per heavy atom. The van der Waals surface area contributed by atoms with Crippen molar-refractivity contribution in [3.63, 3.8) is 0 Å². The maximum Gasteiger partial charge on any atom is 0.322 e. The molecule has 0 spiro atoms. The van der Waals surface area contributed by atoms with Crippen LogP contribution in [0.2, 0.25) is 0 Å². The highest BCUT2D eigenvalue weighted by Crippen LogP contribution is 2.33. The predicted octanol–water partition coefficient (Wildman–Crippen LogP) is 4.18. The van der Waals surface area contributed by atoms with Crippen LogP contribution in [0.25, 0.3) is 0 Å². The van der Waals surface area contributed by atoms with Crippen molar-refractivity contribution >= 4 is 23.1 Å². The summed E-state index contributed by atoms with van der Waals surface area (Å²) in [6, 6.07) is 4.70. The number of urea groups is 1. The van der Waals surface area contributed by atoms with Gasteiger partial charge in [0.05, 0.1) is 11.7 Å². The third kappa shape index (κ3) is 2.63. The summed E-state index contributed by atoms with van der Waals surface area (Å²) < 4.78 is 26.5. The van der Waals surface area contributed by atoms with Crippen LogP contribution in [0.5, 0.6) is 0 Å².